The van der Waals surface area contributed by atoms with Gasteiger partial charge >= 0.3 is 6.03 Å². The van der Waals surface area contributed by atoms with Crippen LogP contribution in [0.15, 0.2) is 34.9 Å². The number of hydrogen-bond donors (Lipinski definition) is 1. The Kier molecular flexibility index (Phi) is 6.14. The highest BCUT2D eigenvalue weighted by atomic mass is 16.5. The fraction of sp³-hybridized carbons (Fsp3) is 0.471. The Balaban J connectivity index is 1.67. The van der Waals surface area contributed by atoms with E-state index in [1.54, 1.807) is 11.9 Å². The molecule has 1 aromatic heterocycles. The van der Waals surface area contributed by atoms with Crippen LogP contribution in [-0.4, -0.2) is 34.7 Å². The van der Waals surface area contributed by atoms with Gasteiger partial charge in [-0.05, 0) is 12.0 Å². The highest BCUT2D eigenvalue weighted by Crippen LogP contribution is 2.10. The first-order valence-corrected chi connectivity index (χ1v) is 7.91. The minimum Gasteiger partial charge on any atom is -0.339 e. The molecular weight excluding hydrogens is 292 g/mol. The summed E-state index contributed by atoms with van der Waals surface area (Å²) in [5, 5.41) is 6.82. The van der Waals surface area contributed by atoms with Gasteiger partial charge in [-0.2, -0.15) is 4.98 Å². The number of amides is 2. The van der Waals surface area contributed by atoms with Crippen LogP contribution in [0.4, 0.5) is 4.79 Å². The average molecular weight is 316 g/mol. The van der Waals surface area contributed by atoms with Crippen molar-refractivity contribution in [1.82, 2.24) is 20.4 Å². The van der Waals surface area contributed by atoms with Crippen LogP contribution in [0.3, 0.4) is 0 Å². The maximum atomic E-state index is 12.0. The number of carbonyl (C=O) groups excluding carboxylic acids is 1. The van der Waals surface area contributed by atoms with Gasteiger partial charge < -0.3 is 14.7 Å². The van der Waals surface area contributed by atoms with Crippen molar-refractivity contribution in [2.24, 2.45) is 0 Å². The Hall–Kier alpha value is -2.37. The topological polar surface area (TPSA) is 71.3 Å². The molecule has 0 saturated heterocycles. The summed E-state index contributed by atoms with van der Waals surface area (Å²) in [5.74, 6) is 1.62. The number of carbonyl (C=O) groups is 1. The van der Waals surface area contributed by atoms with Crippen molar-refractivity contribution < 1.29 is 9.32 Å². The van der Waals surface area contributed by atoms with Crippen molar-refractivity contribution in [3.63, 3.8) is 0 Å². The van der Waals surface area contributed by atoms with Gasteiger partial charge in [0.05, 0.1) is 0 Å². The van der Waals surface area contributed by atoms with E-state index in [2.05, 4.69) is 15.5 Å². The van der Waals surface area contributed by atoms with Gasteiger partial charge in [0.25, 0.3) is 0 Å². The third-order valence-electron chi connectivity index (χ3n) is 3.45. The summed E-state index contributed by atoms with van der Waals surface area (Å²) in [6.45, 7) is 5.22. The van der Waals surface area contributed by atoms with Crippen molar-refractivity contribution in [1.29, 1.82) is 0 Å². The number of nitrogens with zero attached hydrogens (tertiary/aromatic N) is 3. The first-order valence-electron chi connectivity index (χ1n) is 7.91. The van der Waals surface area contributed by atoms with Gasteiger partial charge in [0.1, 0.15) is 0 Å². The van der Waals surface area contributed by atoms with E-state index in [1.165, 1.54) is 0 Å². The molecule has 6 heteroatoms. The molecule has 0 atom stereocenters. The van der Waals surface area contributed by atoms with E-state index in [9.17, 15) is 4.79 Å². The molecule has 0 bridgehead atoms. The molecule has 1 heterocycles. The second-order valence-corrected chi connectivity index (χ2v) is 5.88. The average Bonchev–Trinajstić information content (AvgIpc) is 3.01. The van der Waals surface area contributed by atoms with E-state index >= 15 is 0 Å². The zero-order valence-corrected chi connectivity index (χ0v) is 14.0. The van der Waals surface area contributed by atoms with Gasteiger partial charge in [-0.15, -0.1) is 0 Å². The number of nitrogens with one attached hydrogen (secondary N) is 1. The smallest absolute Gasteiger partial charge is 0.317 e. The Morgan fingerprint density at radius 2 is 2.04 bits per heavy atom. The SMILES string of the molecule is CC(C)c1noc(CCCNC(=O)N(C)Cc2ccccc2)n1. The fourth-order valence-corrected chi connectivity index (χ4v) is 2.10. The molecule has 1 aromatic carbocycles. The number of benzene rings is 1. The maximum absolute atomic E-state index is 12.0. The molecule has 0 unspecified atom stereocenters. The summed E-state index contributed by atoms with van der Waals surface area (Å²) >= 11 is 0. The highest BCUT2D eigenvalue weighted by molar-refractivity contribution is 5.73. The summed E-state index contributed by atoms with van der Waals surface area (Å²) in [7, 11) is 1.79. The Morgan fingerprint density at radius 3 is 2.70 bits per heavy atom. The molecule has 0 saturated carbocycles. The van der Waals surface area contributed by atoms with E-state index in [0.717, 1.165) is 17.8 Å². The van der Waals surface area contributed by atoms with Crippen molar-refractivity contribution in [2.75, 3.05) is 13.6 Å². The molecule has 0 radical (unpaired) electrons. The second-order valence-electron chi connectivity index (χ2n) is 5.88. The van der Waals surface area contributed by atoms with Crippen LogP contribution in [0.5, 0.6) is 0 Å². The van der Waals surface area contributed by atoms with Crippen molar-refractivity contribution in [2.45, 2.75) is 39.2 Å². The van der Waals surface area contributed by atoms with Gasteiger partial charge in [0.2, 0.25) is 5.89 Å². The van der Waals surface area contributed by atoms with E-state index in [0.29, 0.717) is 25.4 Å². The summed E-state index contributed by atoms with van der Waals surface area (Å²) in [4.78, 5) is 18.0. The quantitative estimate of drug-likeness (QED) is 0.797. The van der Waals surface area contributed by atoms with Crippen LogP contribution < -0.4 is 5.32 Å². The Bertz CT molecular complexity index is 610. The molecular formula is C17H24N4O2. The monoisotopic (exact) mass is 316 g/mol. The third-order valence-corrected chi connectivity index (χ3v) is 3.45. The van der Waals surface area contributed by atoms with Gasteiger partial charge in [-0.3, -0.25) is 0 Å². The number of hydrogen-bond acceptors (Lipinski definition) is 4. The molecule has 0 aliphatic rings. The van der Waals surface area contributed by atoms with Crippen molar-refractivity contribution in [3.8, 4) is 0 Å². The zero-order chi connectivity index (χ0) is 16.7. The van der Waals surface area contributed by atoms with Crippen molar-refractivity contribution >= 4 is 6.03 Å². The Morgan fingerprint density at radius 1 is 1.30 bits per heavy atom. The lowest BCUT2D eigenvalue weighted by molar-refractivity contribution is 0.206. The summed E-state index contributed by atoms with van der Waals surface area (Å²) in [6, 6.07) is 9.83. The molecule has 1 N–H and O–H groups in total. The van der Waals surface area contributed by atoms with Crippen LogP contribution in [-0.2, 0) is 13.0 Å². The first-order chi connectivity index (χ1) is 11.1. The van der Waals surface area contributed by atoms with E-state index in [1.807, 2.05) is 44.2 Å². The maximum Gasteiger partial charge on any atom is 0.317 e. The minimum atomic E-state index is -0.0812. The van der Waals surface area contributed by atoms with E-state index < -0.39 is 0 Å². The molecule has 2 amide bonds. The van der Waals surface area contributed by atoms with E-state index in [-0.39, 0.29) is 11.9 Å². The van der Waals surface area contributed by atoms with E-state index in [4.69, 9.17) is 4.52 Å². The molecule has 0 aliphatic carbocycles. The molecule has 0 spiro atoms. The van der Waals surface area contributed by atoms with Crippen LogP contribution in [0, 0.1) is 0 Å². The van der Waals surface area contributed by atoms with Crippen molar-refractivity contribution in [3.05, 3.63) is 47.6 Å². The molecule has 2 aromatic rings. The van der Waals surface area contributed by atoms with Gasteiger partial charge in [-0.25, -0.2) is 4.79 Å². The summed E-state index contributed by atoms with van der Waals surface area (Å²) < 4.78 is 5.18. The summed E-state index contributed by atoms with van der Waals surface area (Å²) in [5.41, 5.74) is 1.11. The second kappa shape index (κ2) is 8.31. The molecule has 0 fully saturated rings. The predicted octanol–water partition coefficient (Wildman–Crippen LogP) is 2.97. The lowest BCUT2D eigenvalue weighted by Gasteiger charge is -2.17. The highest BCUT2D eigenvalue weighted by Gasteiger charge is 2.10. The minimum absolute atomic E-state index is 0.0812. The molecule has 6 nitrogen and oxygen atoms in total. The standard InChI is InChI=1S/C17H24N4O2/c1-13(2)16-19-15(23-20-16)10-7-11-18-17(22)21(3)12-14-8-5-4-6-9-14/h4-6,8-9,13H,7,10-12H2,1-3H3,(H,18,22). The third kappa shape index (κ3) is 5.39. The lowest BCUT2D eigenvalue weighted by atomic mass is 10.2. The van der Waals surface area contributed by atoms with Gasteiger partial charge in [0.15, 0.2) is 5.82 Å². The Labute approximate surface area is 136 Å². The largest absolute Gasteiger partial charge is 0.339 e. The molecule has 2 rings (SSSR count). The predicted molar refractivity (Wildman–Crippen MR) is 88.0 cm³/mol. The zero-order valence-electron chi connectivity index (χ0n) is 14.0. The number of aromatic nitrogens is 2. The van der Waals surface area contributed by atoms with Crippen LogP contribution in [0.25, 0.3) is 0 Å². The van der Waals surface area contributed by atoms with Gasteiger partial charge in [0, 0.05) is 32.5 Å². The van der Waals surface area contributed by atoms with Crippen LogP contribution in [0.1, 0.15) is 43.5 Å². The van der Waals surface area contributed by atoms with Gasteiger partial charge in [-0.1, -0.05) is 49.3 Å². The summed E-state index contributed by atoms with van der Waals surface area (Å²) in [6.07, 6.45) is 1.44. The molecule has 124 valence electrons. The normalized spacial score (nSPS) is 10.8. The number of urea groups is 1. The number of aryl methyl sites for hydroxylation is 1. The first kappa shape index (κ1) is 17.0. The molecule has 23 heavy (non-hydrogen) atoms. The van der Waals surface area contributed by atoms with Crippen LogP contribution in [0.2, 0.25) is 0 Å². The number of rotatable bonds is 7. The lowest BCUT2D eigenvalue weighted by Crippen LogP contribution is -2.37. The molecule has 0 aliphatic heterocycles. The fourth-order valence-electron chi connectivity index (χ4n) is 2.10. The van der Waals surface area contributed by atoms with Crippen LogP contribution >= 0.6 is 0 Å².